The van der Waals surface area contributed by atoms with E-state index < -0.39 is 0 Å². The number of carbonyl (C=O) groups is 1. The number of nitrogens with one attached hydrogen (secondary N) is 1. The van der Waals surface area contributed by atoms with E-state index in [1.54, 1.807) is 14.0 Å². The Hall–Kier alpha value is -0.990. The van der Waals surface area contributed by atoms with Gasteiger partial charge in [-0.2, -0.15) is 0 Å². The highest BCUT2D eigenvalue weighted by Gasteiger charge is 2.07. The fourth-order valence-electron chi connectivity index (χ4n) is 0.891. The summed E-state index contributed by atoms with van der Waals surface area (Å²) in [7, 11) is 1.61. The molecule has 0 radical (unpaired) electrons. The lowest BCUT2D eigenvalue weighted by Crippen LogP contribution is -2.22. The van der Waals surface area contributed by atoms with Crippen LogP contribution < -0.4 is 11.1 Å². The maximum absolute atomic E-state index is 11.1. The summed E-state index contributed by atoms with van der Waals surface area (Å²) in [6.45, 7) is 3.77. The minimum atomic E-state index is -0.0631. The average molecular weight is 156 g/mol. The Morgan fingerprint density at radius 3 is 2.36 bits per heavy atom. The van der Waals surface area contributed by atoms with Crippen LogP contribution in [0.2, 0.25) is 0 Å². The molecule has 0 aliphatic heterocycles. The van der Waals surface area contributed by atoms with Gasteiger partial charge in [0.05, 0.1) is 0 Å². The van der Waals surface area contributed by atoms with Gasteiger partial charge in [-0.15, -0.1) is 0 Å². The van der Waals surface area contributed by atoms with Crippen LogP contribution in [0.1, 0.15) is 26.7 Å². The van der Waals surface area contributed by atoms with Crippen LogP contribution in [-0.4, -0.2) is 13.0 Å². The molecule has 11 heavy (non-hydrogen) atoms. The lowest BCUT2D eigenvalue weighted by Gasteiger charge is -2.05. The van der Waals surface area contributed by atoms with Crippen LogP contribution in [0.25, 0.3) is 0 Å². The van der Waals surface area contributed by atoms with Gasteiger partial charge < -0.3 is 11.1 Å². The Morgan fingerprint density at radius 2 is 2.09 bits per heavy atom. The lowest BCUT2D eigenvalue weighted by atomic mass is 10.1. The summed E-state index contributed by atoms with van der Waals surface area (Å²) in [5.74, 6) is -0.0631. The molecule has 0 unspecified atom stereocenters. The van der Waals surface area contributed by atoms with Gasteiger partial charge in [-0.05, 0) is 13.3 Å². The second-order valence-corrected chi connectivity index (χ2v) is 2.49. The standard InChI is InChI=1S/C8H16N2O/c1-4-5-7(6(2)9)8(11)10-3/h4-5,9H2,1-3H3,(H,10,11). The fourth-order valence-corrected chi connectivity index (χ4v) is 0.891. The van der Waals surface area contributed by atoms with Crippen LogP contribution in [-0.2, 0) is 4.79 Å². The Balaban J connectivity index is 4.36. The van der Waals surface area contributed by atoms with Gasteiger partial charge in [0.15, 0.2) is 0 Å². The van der Waals surface area contributed by atoms with Crippen LogP contribution in [0.5, 0.6) is 0 Å². The van der Waals surface area contributed by atoms with Crippen molar-refractivity contribution < 1.29 is 4.79 Å². The number of hydrogen-bond acceptors (Lipinski definition) is 2. The third-order valence-electron chi connectivity index (χ3n) is 1.48. The van der Waals surface area contributed by atoms with Crippen LogP contribution in [0, 0.1) is 0 Å². The topological polar surface area (TPSA) is 55.1 Å². The fraction of sp³-hybridized carbons (Fsp3) is 0.625. The third kappa shape index (κ3) is 3.07. The highest BCUT2D eigenvalue weighted by molar-refractivity contribution is 5.93. The summed E-state index contributed by atoms with van der Waals surface area (Å²) >= 11 is 0. The largest absolute Gasteiger partial charge is 0.402 e. The van der Waals surface area contributed by atoms with E-state index in [0.717, 1.165) is 12.8 Å². The summed E-state index contributed by atoms with van der Waals surface area (Å²) in [6, 6.07) is 0. The average Bonchev–Trinajstić information content (AvgIpc) is 1.98. The summed E-state index contributed by atoms with van der Waals surface area (Å²) in [4.78, 5) is 11.1. The normalized spacial score (nSPS) is 12.3. The van der Waals surface area contributed by atoms with Crippen molar-refractivity contribution in [3.8, 4) is 0 Å². The van der Waals surface area contributed by atoms with Crippen molar-refractivity contribution in [2.24, 2.45) is 5.73 Å². The molecule has 0 spiro atoms. The van der Waals surface area contributed by atoms with Gasteiger partial charge in [-0.1, -0.05) is 13.3 Å². The Bertz CT molecular complexity index is 169. The SMILES string of the molecule is CCCC(C(=O)NC)=C(C)N. The first-order chi connectivity index (χ1) is 5.13. The highest BCUT2D eigenvalue weighted by Crippen LogP contribution is 2.06. The van der Waals surface area contributed by atoms with E-state index in [2.05, 4.69) is 5.32 Å². The van der Waals surface area contributed by atoms with Gasteiger partial charge in [0.2, 0.25) is 5.91 Å². The molecule has 0 saturated carbocycles. The summed E-state index contributed by atoms with van der Waals surface area (Å²) in [6.07, 6.45) is 1.69. The molecule has 0 aromatic rings. The molecule has 0 saturated heterocycles. The van der Waals surface area contributed by atoms with Gasteiger partial charge in [0, 0.05) is 18.3 Å². The molecule has 3 heteroatoms. The maximum atomic E-state index is 11.1. The summed E-state index contributed by atoms with van der Waals surface area (Å²) in [5.41, 5.74) is 6.84. The molecule has 0 atom stereocenters. The van der Waals surface area contributed by atoms with E-state index in [1.807, 2.05) is 6.92 Å². The van der Waals surface area contributed by atoms with Crippen molar-refractivity contribution in [2.75, 3.05) is 7.05 Å². The monoisotopic (exact) mass is 156 g/mol. The minimum Gasteiger partial charge on any atom is -0.402 e. The molecule has 0 aromatic carbocycles. The van der Waals surface area contributed by atoms with Crippen molar-refractivity contribution in [1.29, 1.82) is 0 Å². The van der Waals surface area contributed by atoms with E-state index in [0.29, 0.717) is 11.3 Å². The molecule has 0 aliphatic rings. The van der Waals surface area contributed by atoms with Crippen LogP contribution in [0.15, 0.2) is 11.3 Å². The van der Waals surface area contributed by atoms with Crippen molar-refractivity contribution in [3.63, 3.8) is 0 Å². The zero-order valence-corrected chi connectivity index (χ0v) is 7.40. The number of hydrogen-bond donors (Lipinski definition) is 2. The highest BCUT2D eigenvalue weighted by atomic mass is 16.1. The predicted molar refractivity (Wildman–Crippen MR) is 45.9 cm³/mol. The molecule has 3 N–H and O–H groups in total. The zero-order valence-electron chi connectivity index (χ0n) is 7.40. The number of allylic oxidation sites excluding steroid dienone is 1. The first-order valence-corrected chi connectivity index (χ1v) is 3.80. The van der Waals surface area contributed by atoms with E-state index in [9.17, 15) is 4.79 Å². The number of likely N-dealkylation sites (N-methyl/N-ethyl adjacent to an activating group) is 1. The van der Waals surface area contributed by atoms with Crippen molar-refractivity contribution in [2.45, 2.75) is 26.7 Å². The van der Waals surface area contributed by atoms with Gasteiger partial charge >= 0.3 is 0 Å². The molecule has 0 aromatic heterocycles. The van der Waals surface area contributed by atoms with Gasteiger partial charge in [0.1, 0.15) is 0 Å². The van der Waals surface area contributed by atoms with Crippen molar-refractivity contribution in [3.05, 3.63) is 11.3 Å². The Kier molecular flexibility index (Phi) is 4.34. The molecule has 3 nitrogen and oxygen atoms in total. The van der Waals surface area contributed by atoms with E-state index >= 15 is 0 Å². The Morgan fingerprint density at radius 1 is 1.55 bits per heavy atom. The molecule has 0 fully saturated rings. The molecular formula is C8H16N2O. The first kappa shape index (κ1) is 10.0. The third-order valence-corrected chi connectivity index (χ3v) is 1.48. The van der Waals surface area contributed by atoms with E-state index in [4.69, 9.17) is 5.73 Å². The van der Waals surface area contributed by atoms with E-state index in [-0.39, 0.29) is 5.91 Å². The molecule has 64 valence electrons. The second-order valence-electron chi connectivity index (χ2n) is 2.49. The number of amides is 1. The van der Waals surface area contributed by atoms with Crippen LogP contribution >= 0.6 is 0 Å². The molecule has 1 amide bonds. The van der Waals surface area contributed by atoms with Gasteiger partial charge in [0.25, 0.3) is 0 Å². The number of carbonyl (C=O) groups excluding carboxylic acids is 1. The van der Waals surface area contributed by atoms with Gasteiger partial charge in [-0.3, -0.25) is 4.79 Å². The smallest absolute Gasteiger partial charge is 0.248 e. The maximum Gasteiger partial charge on any atom is 0.248 e. The molecule has 0 rings (SSSR count). The molecule has 0 bridgehead atoms. The summed E-state index contributed by atoms with van der Waals surface area (Å²) < 4.78 is 0. The molecule has 0 heterocycles. The van der Waals surface area contributed by atoms with Crippen LogP contribution in [0.3, 0.4) is 0 Å². The Labute approximate surface area is 67.7 Å². The lowest BCUT2D eigenvalue weighted by molar-refractivity contribution is -0.117. The zero-order chi connectivity index (χ0) is 8.85. The van der Waals surface area contributed by atoms with Crippen LogP contribution in [0.4, 0.5) is 0 Å². The quantitative estimate of drug-likeness (QED) is 0.593. The second kappa shape index (κ2) is 4.77. The van der Waals surface area contributed by atoms with Crippen molar-refractivity contribution >= 4 is 5.91 Å². The van der Waals surface area contributed by atoms with Crippen molar-refractivity contribution in [1.82, 2.24) is 5.32 Å². The minimum absolute atomic E-state index is 0.0631. The predicted octanol–water partition coefficient (Wildman–Crippen LogP) is 0.765. The van der Waals surface area contributed by atoms with Gasteiger partial charge in [-0.25, -0.2) is 0 Å². The van der Waals surface area contributed by atoms with E-state index in [1.165, 1.54) is 0 Å². The summed E-state index contributed by atoms with van der Waals surface area (Å²) in [5, 5.41) is 2.55. The number of nitrogens with two attached hydrogens (primary N) is 1. The molecule has 0 aliphatic carbocycles. The number of rotatable bonds is 3. The first-order valence-electron chi connectivity index (χ1n) is 3.80. The molecular weight excluding hydrogens is 140 g/mol.